The van der Waals surface area contributed by atoms with Crippen molar-refractivity contribution in [3.63, 3.8) is 0 Å². The summed E-state index contributed by atoms with van der Waals surface area (Å²) in [6, 6.07) is 5.89. The Morgan fingerprint density at radius 3 is 2.93 bits per heavy atom. The molecule has 2 rings (SSSR count). The summed E-state index contributed by atoms with van der Waals surface area (Å²) in [6.45, 7) is 2.63. The summed E-state index contributed by atoms with van der Waals surface area (Å²) in [7, 11) is 1.66. The van der Waals surface area contributed by atoms with Crippen molar-refractivity contribution < 1.29 is 9.47 Å². The van der Waals surface area contributed by atoms with E-state index in [-0.39, 0.29) is 0 Å². The quantitative estimate of drug-likeness (QED) is 0.809. The number of aromatic amines is 1. The Balaban J connectivity index is 2.55. The van der Waals surface area contributed by atoms with E-state index in [1.54, 1.807) is 7.11 Å². The van der Waals surface area contributed by atoms with Crippen LogP contribution in [0, 0.1) is 0 Å². The number of hydrogen-bond donors (Lipinski definition) is 1. The first-order valence-corrected chi connectivity index (χ1v) is 4.63. The van der Waals surface area contributed by atoms with E-state index in [2.05, 4.69) is 4.98 Å². The second kappa shape index (κ2) is 3.62. The highest BCUT2D eigenvalue weighted by Gasteiger charge is 2.05. The van der Waals surface area contributed by atoms with Gasteiger partial charge in [0.2, 0.25) is 0 Å². The average Bonchev–Trinajstić information content (AvgIpc) is 2.65. The van der Waals surface area contributed by atoms with Gasteiger partial charge in [0.15, 0.2) is 0 Å². The Morgan fingerprint density at radius 2 is 2.21 bits per heavy atom. The van der Waals surface area contributed by atoms with Gasteiger partial charge in [0.25, 0.3) is 0 Å². The van der Waals surface area contributed by atoms with E-state index in [4.69, 9.17) is 9.47 Å². The molecule has 3 heteroatoms. The minimum Gasteiger partial charge on any atom is -0.494 e. The largest absolute Gasteiger partial charge is 0.494 e. The van der Waals surface area contributed by atoms with E-state index in [9.17, 15) is 0 Å². The maximum Gasteiger partial charge on any atom is 0.146 e. The van der Waals surface area contributed by atoms with Crippen LogP contribution >= 0.6 is 0 Å². The summed E-state index contributed by atoms with van der Waals surface area (Å²) in [5, 5.41) is 1.10. The number of ether oxygens (including phenoxy) is 2. The van der Waals surface area contributed by atoms with Crippen LogP contribution in [0.1, 0.15) is 6.92 Å². The molecule has 0 aliphatic heterocycles. The molecule has 74 valence electrons. The lowest BCUT2D eigenvalue weighted by molar-refractivity contribution is 0.337. The molecule has 0 amide bonds. The molecule has 1 aromatic heterocycles. The summed E-state index contributed by atoms with van der Waals surface area (Å²) in [5.41, 5.74) is 1.01. The van der Waals surface area contributed by atoms with Crippen molar-refractivity contribution in [1.29, 1.82) is 0 Å². The van der Waals surface area contributed by atoms with Gasteiger partial charge in [-0.3, -0.25) is 0 Å². The number of aromatic nitrogens is 1. The van der Waals surface area contributed by atoms with E-state index in [0.29, 0.717) is 6.61 Å². The first-order chi connectivity index (χ1) is 6.85. The molecule has 0 atom stereocenters. The van der Waals surface area contributed by atoms with Crippen LogP contribution in [-0.2, 0) is 0 Å². The van der Waals surface area contributed by atoms with Crippen molar-refractivity contribution in [3.05, 3.63) is 24.4 Å². The smallest absolute Gasteiger partial charge is 0.146 e. The van der Waals surface area contributed by atoms with Gasteiger partial charge in [-0.25, -0.2) is 0 Å². The number of benzene rings is 1. The van der Waals surface area contributed by atoms with Crippen molar-refractivity contribution in [1.82, 2.24) is 4.98 Å². The lowest BCUT2D eigenvalue weighted by atomic mass is 10.2. The molecule has 0 saturated carbocycles. The molecule has 1 aromatic carbocycles. The molecular formula is C11H13NO2. The summed E-state index contributed by atoms with van der Waals surface area (Å²) in [6.07, 6.45) is 1.89. The summed E-state index contributed by atoms with van der Waals surface area (Å²) >= 11 is 0. The van der Waals surface area contributed by atoms with Gasteiger partial charge in [0.05, 0.1) is 19.2 Å². The van der Waals surface area contributed by atoms with Crippen molar-refractivity contribution >= 4 is 10.9 Å². The van der Waals surface area contributed by atoms with Gasteiger partial charge >= 0.3 is 0 Å². The summed E-state index contributed by atoms with van der Waals surface area (Å²) in [4.78, 5) is 3.13. The van der Waals surface area contributed by atoms with Crippen molar-refractivity contribution in [2.75, 3.05) is 13.7 Å². The maximum atomic E-state index is 5.43. The molecule has 0 unspecified atom stereocenters. The molecular weight excluding hydrogens is 178 g/mol. The molecule has 0 bridgehead atoms. The van der Waals surface area contributed by atoms with Crippen molar-refractivity contribution in [3.8, 4) is 11.5 Å². The Bertz CT molecular complexity index is 434. The first-order valence-electron chi connectivity index (χ1n) is 4.63. The summed E-state index contributed by atoms with van der Waals surface area (Å²) < 4.78 is 10.7. The van der Waals surface area contributed by atoms with E-state index < -0.39 is 0 Å². The van der Waals surface area contributed by atoms with E-state index in [1.165, 1.54) is 0 Å². The molecule has 0 spiro atoms. The zero-order valence-corrected chi connectivity index (χ0v) is 8.33. The van der Waals surface area contributed by atoms with Gasteiger partial charge in [0.1, 0.15) is 11.5 Å². The Kier molecular flexibility index (Phi) is 2.31. The highest BCUT2D eigenvalue weighted by molar-refractivity contribution is 5.86. The average molecular weight is 191 g/mol. The molecule has 0 saturated heterocycles. The second-order valence-electron chi connectivity index (χ2n) is 3.00. The molecule has 0 aliphatic carbocycles. The van der Waals surface area contributed by atoms with Crippen LogP contribution in [0.4, 0.5) is 0 Å². The highest BCUT2D eigenvalue weighted by atomic mass is 16.5. The predicted octanol–water partition coefficient (Wildman–Crippen LogP) is 2.58. The second-order valence-corrected chi connectivity index (χ2v) is 3.00. The standard InChI is InChI=1S/C11H13NO2/c1-3-14-9-6-8-4-5-12-11(8)10(7-9)13-2/h4-7,12H,3H2,1-2H3. The first kappa shape index (κ1) is 8.94. The zero-order valence-electron chi connectivity index (χ0n) is 8.33. The van der Waals surface area contributed by atoms with Gasteiger partial charge in [-0.05, 0) is 19.1 Å². The molecule has 1 heterocycles. The van der Waals surface area contributed by atoms with Crippen LogP contribution < -0.4 is 9.47 Å². The molecule has 0 radical (unpaired) electrons. The fourth-order valence-corrected chi connectivity index (χ4v) is 1.52. The number of fused-ring (bicyclic) bond motifs is 1. The molecule has 1 N–H and O–H groups in total. The van der Waals surface area contributed by atoms with Gasteiger partial charge < -0.3 is 14.5 Å². The SMILES string of the molecule is CCOc1cc(OC)c2[nH]ccc2c1. The monoisotopic (exact) mass is 191 g/mol. The minimum absolute atomic E-state index is 0.666. The summed E-state index contributed by atoms with van der Waals surface area (Å²) in [5.74, 6) is 1.66. The van der Waals surface area contributed by atoms with Crippen molar-refractivity contribution in [2.45, 2.75) is 6.92 Å². The van der Waals surface area contributed by atoms with Crippen LogP contribution in [0.15, 0.2) is 24.4 Å². The van der Waals surface area contributed by atoms with Gasteiger partial charge in [-0.2, -0.15) is 0 Å². The number of hydrogen-bond acceptors (Lipinski definition) is 2. The number of rotatable bonds is 3. The predicted molar refractivity (Wildman–Crippen MR) is 56.0 cm³/mol. The Hall–Kier alpha value is -1.64. The van der Waals surface area contributed by atoms with E-state index in [0.717, 1.165) is 22.4 Å². The maximum absolute atomic E-state index is 5.43. The van der Waals surface area contributed by atoms with Crippen LogP contribution in [0.5, 0.6) is 11.5 Å². The lowest BCUT2D eigenvalue weighted by Crippen LogP contribution is -1.92. The normalized spacial score (nSPS) is 10.4. The van der Waals surface area contributed by atoms with Crippen LogP contribution in [0.2, 0.25) is 0 Å². The third kappa shape index (κ3) is 1.41. The molecule has 0 aliphatic rings. The van der Waals surface area contributed by atoms with E-state index >= 15 is 0 Å². The Labute approximate surface area is 82.6 Å². The number of methoxy groups -OCH3 is 1. The fraction of sp³-hybridized carbons (Fsp3) is 0.273. The van der Waals surface area contributed by atoms with E-state index in [1.807, 2.05) is 31.3 Å². The van der Waals surface area contributed by atoms with Gasteiger partial charge in [-0.15, -0.1) is 0 Å². The van der Waals surface area contributed by atoms with Crippen LogP contribution in [0.25, 0.3) is 10.9 Å². The fourth-order valence-electron chi connectivity index (χ4n) is 1.52. The number of nitrogens with one attached hydrogen (secondary N) is 1. The zero-order chi connectivity index (χ0) is 9.97. The molecule has 2 aromatic rings. The minimum atomic E-state index is 0.666. The number of H-pyrrole nitrogens is 1. The van der Waals surface area contributed by atoms with Crippen LogP contribution in [-0.4, -0.2) is 18.7 Å². The van der Waals surface area contributed by atoms with Crippen molar-refractivity contribution in [2.24, 2.45) is 0 Å². The third-order valence-electron chi connectivity index (χ3n) is 2.13. The molecule has 0 fully saturated rings. The topological polar surface area (TPSA) is 34.2 Å². The van der Waals surface area contributed by atoms with Crippen LogP contribution in [0.3, 0.4) is 0 Å². The Morgan fingerprint density at radius 1 is 1.36 bits per heavy atom. The van der Waals surface area contributed by atoms with Gasteiger partial charge in [-0.1, -0.05) is 0 Å². The molecule has 14 heavy (non-hydrogen) atoms. The lowest BCUT2D eigenvalue weighted by Gasteiger charge is -2.06. The van der Waals surface area contributed by atoms with Gasteiger partial charge in [0, 0.05) is 17.6 Å². The third-order valence-corrected chi connectivity index (χ3v) is 2.13. The molecule has 3 nitrogen and oxygen atoms in total. The highest BCUT2D eigenvalue weighted by Crippen LogP contribution is 2.29.